The summed E-state index contributed by atoms with van der Waals surface area (Å²) in [6, 6.07) is 19.4. The molecular formula is C19H18N2O2. The third kappa shape index (κ3) is 3.80. The monoisotopic (exact) mass is 306 g/mol. The van der Waals surface area contributed by atoms with Gasteiger partial charge in [0, 0.05) is 29.6 Å². The lowest BCUT2D eigenvalue weighted by atomic mass is 10.1. The maximum Gasteiger partial charge on any atom is 0.213 e. The average Bonchev–Trinajstić information content (AvgIpc) is 2.60. The first-order chi connectivity index (χ1) is 11.2. The maximum atomic E-state index is 5.89. The number of methoxy groups -OCH3 is 1. The standard InChI is InChI=1S/C19H18N2O2/c1-22-18-10-16(9-17(20)11-18)15-7-8-19(21-12-15)23-13-14-5-3-2-4-6-14/h2-12H,13,20H2,1H3. The number of ether oxygens (including phenoxy) is 2. The van der Waals surface area contributed by atoms with Gasteiger partial charge in [-0.3, -0.25) is 0 Å². The summed E-state index contributed by atoms with van der Waals surface area (Å²) in [5.74, 6) is 1.32. The summed E-state index contributed by atoms with van der Waals surface area (Å²) in [6.07, 6.45) is 1.77. The van der Waals surface area contributed by atoms with Crippen molar-refractivity contribution in [2.24, 2.45) is 0 Å². The van der Waals surface area contributed by atoms with E-state index in [2.05, 4.69) is 4.98 Å². The lowest BCUT2D eigenvalue weighted by Gasteiger charge is -2.08. The highest BCUT2D eigenvalue weighted by atomic mass is 16.5. The van der Waals surface area contributed by atoms with Gasteiger partial charge in [0.05, 0.1) is 7.11 Å². The van der Waals surface area contributed by atoms with Crippen LogP contribution in [-0.4, -0.2) is 12.1 Å². The van der Waals surface area contributed by atoms with Crippen LogP contribution in [0.2, 0.25) is 0 Å². The molecule has 1 aromatic heterocycles. The van der Waals surface area contributed by atoms with Gasteiger partial charge in [-0.25, -0.2) is 4.98 Å². The van der Waals surface area contributed by atoms with Crippen LogP contribution in [-0.2, 0) is 6.61 Å². The molecule has 3 aromatic rings. The van der Waals surface area contributed by atoms with E-state index in [0.29, 0.717) is 18.2 Å². The Balaban J connectivity index is 1.73. The Hall–Kier alpha value is -3.01. The van der Waals surface area contributed by atoms with E-state index in [1.165, 1.54) is 0 Å². The smallest absolute Gasteiger partial charge is 0.213 e. The Kier molecular flexibility index (Phi) is 4.43. The van der Waals surface area contributed by atoms with Crippen molar-refractivity contribution < 1.29 is 9.47 Å². The minimum Gasteiger partial charge on any atom is -0.497 e. The molecule has 0 radical (unpaired) electrons. The van der Waals surface area contributed by atoms with Crippen molar-refractivity contribution in [2.75, 3.05) is 12.8 Å². The number of hydrogen-bond acceptors (Lipinski definition) is 4. The van der Waals surface area contributed by atoms with Gasteiger partial charge >= 0.3 is 0 Å². The summed E-state index contributed by atoms with van der Waals surface area (Å²) in [6.45, 7) is 0.499. The summed E-state index contributed by atoms with van der Waals surface area (Å²) < 4.78 is 10.9. The Morgan fingerprint density at radius 3 is 2.48 bits per heavy atom. The van der Waals surface area contributed by atoms with E-state index in [1.54, 1.807) is 19.4 Å². The molecule has 4 nitrogen and oxygen atoms in total. The highest BCUT2D eigenvalue weighted by Crippen LogP contribution is 2.27. The van der Waals surface area contributed by atoms with Crippen molar-refractivity contribution in [3.63, 3.8) is 0 Å². The van der Waals surface area contributed by atoms with E-state index < -0.39 is 0 Å². The molecule has 0 aliphatic heterocycles. The molecule has 2 N–H and O–H groups in total. The highest BCUT2D eigenvalue weighted by molar-refractivity contribution is 5.69. The van der Waals surface area contributed by atoms with Crippen molar-refractivity contribution in [1.82, 2.24) is 4.98 Å². The number of benzene rings is 2. The first-order valence-corrected chi connectivity index (χ1v) is 7.32. The molecular weight excluding hydrogens is 288 g/mol. The second-order valence-electron chi connectivity index (χ2n) is 5.15. The predicted octanol–water partition coefficient (Wildman–Crippen LogP) is 3.92. The van der Waals surface area contributed by atoms with Gasteiger partial charge in [-0.2, -0.15) is 0 Å². The summed E-state index contributed by atoms with van der Waals surface area (Å²) in [4.78, 5) is 4.35. The lowest BCUT2D eigenvalue weighted by molar-refractivity contribution is 0.294. The van der Waals surface area contributed by atoms with Crippen molar-refractivity contribution in [2.45, 2.75) is 6.61 Å². The molecule has 0 fully saturated rings. The quantitative estimate of drug-likeness (QED) is 0.726. The van der Waals surface area contributed by atoms with Crippen LogP contribution in [0, 0.1) is 0 Å². The third-order valence-electron chi connectivity index (χ3n) is 3.46. The van der Waals surface area contributed by atoms with Crippen molar-refractivity contribution in [3.8, 4) is 22.8 Å². The molecule has 23 heavy (non-hydrogen) atoms. The zero-order chi connectivity index (χ0) is 16.1. The summed E-state index contributed by atoms with van der Waals surface area (Å²) in [5, 5.41) is 0. The first kappa shape index (κ1) is 14.9. The fraction of sp³-hybridized carbons (Fsp3) is 0.105. The molecule has 0 amide bonds. The van der Waals surface area contributed by atoms with E-state index in [-0.39, 0.29) is 0 Å². The molecule has 0 aliphatic rings. The molecule has 0 saturated carbocycles. The largest absolute Gasteiger partial charge is 0.497 e. The second kappa shape index (κ2) is 6.83. The number of aromatic nitrogens is 1. The van der Waals surface area contributed by atoms with E-state index >= 15 is 0 Å². The van der Waals surface area contributed by atoms with Crippen LogP contribution in [0.1, 0.15) is 5.56 Å². The highest BCUT2D eigenvalue weighted by Gasteiger charge is 2.04. The van der Waals surface area contributed by atoms with E-state index in [1.807, 2.05) is 54.6 Å². The van der Waals surface area contributed by atoms with Crippen LogP contribution in [0.15, 0.2) is 66.9 Å². The molecule has 0 bridgehead atoms. The number of rotatable bonds is 5. The number of anilines is 1. The van der Waals surface area contributed by atoms with Gasteiger partial charge < -0.3 is 15.2 Å². The van der Waals surface area contributed by atoms with Crippen LogP contribution in [0.25, 0.3) is 11.1 Å². The maximum absolute atomic E-state index is 5.89. The topological polar surface area (TPSA) is 57.4 Å². The van der Waals surface area contributed by atoms with Crippen molar-refractivity contribution in [3.05, 3.63) is 72.4 Å². The van der Waals surface area contributed by atoms with Gasteiger partial charge in [0.25, 0.3) is 0 Å². The molecule has 0 saturated heterocycles. The Labute approximate surface area is 135 Å². The third-order valence-corrected chi connectivity index (χ3v) is 3.46. The molecule has 3 rings (SSSR count). The lowest BCUT2D eigenvalue weighted by Crippen LogP contribution is -1.97. The van der Waals surface area contributed by atoms with E-state index in [0.717, 1.165) is 22.4 Å². The molecule has 2 aromatic carbocycles. The average molecular weight is 306 g/mol. The van der Waals surface area contributed by atoms with Gasteiger partial charge in [0.1, 0.15) is 12.4 Å². The normalized spacial score (nSPS) is 10.3. The Morgan fingerprint density at radius 1 is 0.957 bits per heavy atom. The predicted molar refractivity (Wildman–Crippen MR) is 91.4 cm³/mol. The second-order valence-corrected chi connectivity index (χ2v) is 5.15. The molecule has 4 heteroatoms. The van der Waals surface area contributed by atoms with E-state index in [9.17, 15) is 0 Å². The zero-order valence-electron chi connectivity index (χ0n) is 12.9. The van der Waals surface area contributed by atoms with Gasteiger partial charge in [-0.05, 0) is 29.3 Å². The SMILES string of the molecule is COc1cc(N)cc(-c2ccc(OCc3ccccc3)nc2)c1. The molecule has 0 spiro atoms. The minimum atomic E-state index is 0.499. The summed E-state index contributed by atoms with van der Waals surface area (Å²) >= 11 is 0. The van der Waals surface area contributed by atoms with Gasteiger partial charge in [0.2, 0.25) is 5.88 Å². The van der Waals surface area contributed by atoms with Crippen LogP contribution in [0.3, 0.4) is 0 Å². The first-order valence-electron chi connectivity index (χ1n) is 7.32. The fourth-order valence-electron chi connectivity index (χ4n) is 2.27. The minimum absolute atomic E-state index is 0.499. The van der Waals surface area contributed by atoms with Crippen LogP contribution < -0.4 is 15.2 Å². The number of hydrogen-bond donors (Lipinski definition) is 1. The number of nitrogen functional groups attached to an aromatic ring is 1. The van der Waals surface area contributed by atoms with Gasteiger partial charge in [-0.15, -0.1) is 0 Å². The van der Waals surface area contributed by atoms with Gasteiger partial charge in [0.15, 0.2) is 0 Å². The van der Waals surface area contributed by atoms with Crippen LogP contribution >= 0.6 is 0 Å². The molecule has 0 aliphatic carbocycles. The fourth-order valence-corrected chi connectivity index (χ4v) is 2.27. The van der Waals surface area contributed by atoms with Crippen LogP contribution in [0.4, 0.5) is 5.69 Å². The molecule has 0 unspecified atom stereocenters. The summed E-state index contributed by atoms with van der Waals surface area (Å²) in [5.41, 5.74) is 9.58. The Morgan fingerprint density at radius 2 is 1.78 bits per heavy atom. The number of pyridine rings is 1. The number of nitrogens with zero attached hydrogens (tertiary/aromatic N) is 1. The van der Waals surface area contributed by atoms with Crippen LogP contribution in [0.5, 0.6) is 11.6 Å². The molecule has 116 valence electrons. The van der Waals surface area contributed by atoms with E-state index in [4.69, 9.17) is 15.2 Å². The van der Waals surface area contributed by atoms with Gasteiger partial charge in [-0.1, -0.05) is 30.3 Å². The van der Waals surface area contributed by atoms with Crippen molar-refractivity contribution >= 4 is 5.69 Å². The molecule has 0 atom stereocenters. The zero-order valence-corrected chi connectivity index (χ0v) is 12.9. The number of nitrogens with two attached hydrogens (primary N) is 1. The Bertz CT molecular complexity index is 771. The van der Waals surface area contributed by atoms with Crippen molar-refractivity contribution in [1.29, 1.82) is 0 Å². The summed E-state index contributed by atoms with van der Waals surface area (Å²) in [7, 11) is 1.62. The molecule has 1 heterocycles.